The number of aromatic nitrogens is 1. The second-order valence-corrected chi connectivity index (χ2v) is 9.31. The van der Waals surface area contributed by atoms with Crippen molar-refractivity contribution in [1.29, 1.82) is 0 Å². The quantitative estimate of drug-likeness (QED) is 0.581. The molecule has 4 rings (SSSR count). The van der Waals surface area contributed by atoms with Gasteiger partial charge in [0.25, 0.3) is 0 Å². The van der Waals surface area contributed by atoms with Gasteiger partial charge in [0.15, 0.2) is 0 Å². The van der Waals surface area contributed by atoms with Crippen molar-refractivity contribution in [1.82, 2.24) is 14.2 Å². The van der Waals surface area contributed by atoms with Crippen LogP contribution >= 0.6 is 11.6 Å². The predicted octanol–water partition coefficient (Wildman–Crippen LogP) is 3.83. The highest BCUT2D eigenvalue weighted by molar-refractivity contribution is 7.89. The summed E-state index contributed by atoms with van der Waals surface area (Å²) in [5.74, 6) is 0. The summed E-state index contributed by atoms with van der Waals surface area (Å²) < 4.78 is 27.4. The fourth-order valence-electron chi connectivity index (χ4n) is 3.75. The van der Waals surface area contributed by atoms with Gasteiger partial charge in [-0.25, -0.2) is 13.4 Å². The molecule has 0 N–H and O–H groups in total. The minimum absolute atomic E-state index is 0.0967. The van der Waals surface area contributed by atoms with E-state index in [0.29, 0.717) is 26.2 Å². The van der Waals surface area contributed by atoms with Crippen molar-refractivity contribution in [3.8, 4) is 0 Å². The summed E-state index contributed by atoms with van der Waals surface area (Å²) in [6, 6.07) is 23.8. The number of pyridine rings is 1. The molecule has 0 radical (unpaired) electrons. The van der Waals surface area contributed by atoms with Crippen LogP contribution in [0.2, 0.25) is 5.15 Å². The third kappa shape index (κ3) is 4.36. The Labute approximate surface area is 176 Å². The summed E-state index contributed by atoms with van der Waals surface area (Å²) in [5, 5.41) is 0.280. The Hall–Kier alpha value is -2.25. The lowest BCUT2D eigenvalue weighted by Gasteiger charge is -2.39. The molecule has 2 aromatic carbocycles. The monoisotopic (exact) mass is 427 g/mol. The molecule has 150 valence electrons. The molecule has 29 heavy (non-hydrogen) atoms. The lowest BCUT2D eigenvalue weighted by molar-refractivity contribution is 0.156. The maximum atomic E-state index is 12.9. The topological polar surface area (TPSA) is 53.5 Å². The van der Waals surface area contributed by atoms with E-state index >= 15 is 0 Å². The maximum absolute atomic E-state index is 12.9. The third-order valence-electron chi connectivity index (χ3n) is 5.21. The predicted molar refractivity (Wildman–Crippen MR) is 114 cm³/mol. The second-order valence-electron chi connectivity index (χ2n) is 6.98. The van der Waals surface area contributed by atoms with E-state index in [0.717, 1.165) is 0 Å². The number of benzene rings is 2. The average molecular weight is 428 g/mol. The van der Waals surface area contributed by atoms with Gasteiger partial charge in [-0.05, 0) is 23.3 Å². The van der Waals surface area contributed by atoms with Gasteiger partial charge in [-0.1, -0.05) is 72.3 Å². The smallest absolute Gasteiger partial charge is 0.244 e. The van der Waals surface area contributed by atoms with Crippen LogP contribution in [0, 0.1) is 0 Å². The van der Waals surface area contributed by atoms with Crippen molar-refractivity contribution >= 4 is 21.6 Å². The zero-order valence-corrected chi connectivity index (χ0v) is 17.4. The van der Waals surface area contributed by atoms with Crippen molar-refractivity contribution in [3.05, 3.63) is 95.3 Å². The van der Waals surface area contributed by atoms with Gasteiger partial charge in [-0.3, -0.25) is 4.90 Å². The van der Waals surface area contributed by atoms with E-state index in [-0.39, 0.29) is 16.1 Å². The Balaban J connectivity index is 1.55. The first kappa shape index (κ1) is 20.0. The lowest BCUT2D eigenvalue weighted by Crippen LogP contribution is -2.49. The Kier molecular flexibility index (Phi) is 5.96. The summed E-state index contributed by atoms with van der Waals surface area (Å²) in [5.41, 5.74) is 2.41. The lowest BCUT2D eigenvalue weighted by atomic mass is 9.96. The van der Waals surface area contributed by atoms with Crippen molar-refractivity contribution < 1.29 is 8.42 Å². The van der Waals surface area contributed by atoms with Crippen LogP contribution in [0.25, 0.3) is 0 Å². The number of hydrogen-bond donors (Lipinski definition) is 0. The Morgan fingerprint density at radius 2 is 1.34 bits per heavy atom. The second kappa shape index (κ2) is 8.63. The number of sulfonamides is 1. The maximum Gasteiger partial charge on any atom is 0.244 e. The fourth-order valence-corrected chi connectivity index (χ4v) is 5.23. The summed E-state index contributed by atoms with van der Waals surface area (Å²) in [4.78, 5) is 6.43. The van der Waals surface area contributed by atoms with Gasteiger partial charge in [-0.2, -0.15) is 4.31 Å². The molecule has 1 aromatic heterocycles. The highest BCUT2D eigenvalue weighted by atomic mass is 35.5. The molecule has 0 unspecified atom stereocenters. The van der Waals surface area contributed by atoms with Crippen molar-refractivity contribution in [3.63, 3.8) is 0 Å². The van der Waals surface area contributed by atoms with E-state index in [1.807, 2.05) is 36.4 Å². The van der Waals surface area contributed by atoms with Gasteiger partial charge < -0.3 is 0 Å². The molecule has 1 saturated heterocycles. The SMILES string of the molecule is O=S(=O)(c1ccc(Cl)nc1)N1CCN(C(c2ccccc2)c2ccccc2)CC1. The molecule has 7 heteroatoms. The summed E-state index contributed by atoms with van der Waals surface area (Å²) in [6.07, 6.45) is 1.32. The Morgan fingerprint density at radius 1 is 0.793 bits per heavy atom. The average Bonchev–Trinajstić information content (AvgIpc) is 2.76. The largest absolute Gasteiger partial charge is 0.290 e. The Morgan fingerprint density at radius 3 is 1.83 bits per heavy atom. The van der Waals surface area contributed by atoms with E-state index in [1.165, 1.54) is 33.8 Å². The molecule has 0 amide bonds. The van der Waals surface area contributed by atoms with Crippen LogP contribution < -0.4 is 0 Å². The van der Waals surface area contributed by atoms with Gasteiger partial charge in [0.05, 0.1) is 6.04 Å². The van der Waals surface area contributed by atoms with Gasteiger partial charge in [0.2, 0.25) is 10.0 Å². The van der Waals surface area contributed by atoms with Gasteiger partial charge in [-0.15, -0.1) is 0 Å². The van der Waals surface area contributed by atoms with Crippen LogP contribution in [0.1, 0.15) is 17.2 Å². The van der Waals surface area contributed by atoms with Gasteiger partial charge >= 0.3 is 0 Å². The molecule has 0 aliphatic carbocycles. The third-order valence-corrected chi connectivity index (χ3v) is 7.31. The van der Waals surface area contributed by atoms with E-state index in [1.54, 1.807) is 0 Å². The summed E-state index contributed by atoms with van der Waals surface area (Å²) in [6.45, 7) is 2.16. The fraction of sp³-hybridized carbons (Fsp3) is 0.227. The van der Waals surface area contributed by atoms with Crippen LogP contribution in [0.3, 0.4) is 0 Å². The number of piperazine rings is 1. The molecule has 3 aromatic rings. The van der Waals surface area contributed by atoms with Gasteiger partial charge in [0.1, 0.15) is 10.0 Å². The first-order valence-electron chi connectivity index (χ1n) is 9.51. The molecule has 2 heterocycles. The standard InChI is InChI=1S/C22H22ClN3O2S/c23-21-12-11-20(17-24-21)29(27,28)26-15-13-25(14-16-26)22(18-7-3-1-4-8-18)19-9-5-2-6-10-19/h1-12,17,22H,13-16H2. The van der Waals surface area contributed by atoms with Crippen LogP contribution in [0.5, 0.6) is 0 Å². The molecular formula is C22H22ClN3O2S. The summed E-state index contributed by atoms with van der Waals surface area (Å²) >= 11 is 5.79. The zero-order valence-electron chi connectivity index (χ0n) is 15.9. The zero-order chi connectivity index (χ0) is 20.3. The van der Waals surface area contributed by atoms with Crippen molar-refractivity contribution in [2.45, 2.75) is 10.9 Å². The number of halogens is 1. The van der Waals surface area contributed by atoms with Crippen LogP contribution in [-0.4, -0.2) is 48.8 Å². The minimum Gasteiger partial charge on any atom is -0.290 e. The van der Waals surface area contributed by atoms with Crippen LogP contribution in [0.4, 0.5) is 0 Å². The van der Waals surface area contributed by atoms with E-state index in [9.17, 15) is 8.42 Å². The number of hydrogen-bond acceptors (Lipinski definition) is 4. The molecule has 1 aliphatic heterocycles. The highest BCUT2D eigenvalue weighted by Crippen LogP contribution is 2.30. The number of nitrogens with zero attached hydrogens (tertiary/aromatic N) is 3. The van der Waals surface area contributed by atoms with Crippen molar-refractivity contribution in [2.75, 3.05) is 26.2 Å². The molecular weight excluding hydrogens is 406 g/mol. The molecule has 0 saturated carbocycles. The first-order valence-corrected chi connectivity index (χ1v) is 11.3. The molecule has 1 fully saturated rings. The molecule has 0 atom stereocenters. The van der Waals surface area contributed by atoms with Crippen molar-refractivity contribution in [2.24, 2.45) is 0 Å². The van der Waals surface area contributed by atoms with Gasteiger partial charge in [0, 0.05) is 32.4 Å². The molecule has 0 spiro atoms. The van der Waals surface area contributed by atoms with Crippen LogP contribution in [-0.2, 0) is 10.0 Å². The number of rotatable bonds is 5. The molecule has 1 aliphatic rings. The van der Waals surface area contributed by atoms with Crippen LogP contribution in [0.15, 0.2) is 83.9 Å². The van der Waals surface area contributed by atoms with E-state index in [2.05, 4.69) is 34.1 Å². The molecule has 5 nitrogen and oxygen atoms in total. The molecule has 0 bridgehead atoms. The van der Waals surface area contributed by atoms with E-state index in [4.69, 9.17) is 11.6 Å². The first-order chi connectivity index (χ1) is 14.1. The Bertz CT molecular complexity index is 997. The normalized spacial score (nSPS) is 16.2. The highest BCUT2D eigenvalue weighted by Gasteiger charge is 2.32. The summed E-state index contributed by atoms with van der Waals surface area (Å²) in [7, 11) is -3.57. The van der Waals surface area contributed by atoms with E-state index < -0.39 is 10.0 Å². The minimum atomic E-state index is -3.57.